The number of Topliss-reactive ketones (excluding diaryl/α,β-unsaturated/α-hetero) is 1. The molecule has 1 aliphatic rings. The van der Waals surface area contributed by atoms with Gasteiger partial charge in [-0.3, -0.25) is 4.79 Å². The second kappa shape index (κ2) is 7.75. The molecule has 0 fully saturated rings. The van der Waals surface area contributed by atoms with Crippen molar-refractivity contribution in [3.8, 4) is 5.95 Å². The quantitative estimate of drug-likeness (QED) is 0.485. The fourth-order valence-electron chi connectivity index (χ4n) is 4.53. The van der Waals surface area contributed by atoms with Gasteiger partial charge < -0.3 is 9.73 Å². The van der Waals surface area contributed by atoms with E-state index in [-0.39, 0.29) is 11.7 Å². The lowest BCUT2D eigenvalue weighted by atomic mass is 9.85. The van der Waals surface area contributed by atoms with Crippen LogP contribution in [0.15, 0.2) is 47.1 Å². The van der Waals surface area contributed by atoms with Crippen LogP contribution in [0.2, 0.25) is 0 Å². The van der Waals surface area contributed by atoms with Crippen molar-refractivity contribution in [3.05, 3.63) is 82.2 Å². The van der Waals surface area contributed by atoms with Gasteiger partial charge in [0.15, 0.2) is 11.6 Å². The van der Waals surface area contributed by atoms with Gasteiger partial charge in [-0.15, -0.1) is 5.10 Å². The summed E-state index contributed by atoms with van der Waals surface area (Å²) < 4.78 is 7.34. The standard InChI is InChI=1S/C25H25N5O2/c1-14-8-15(2)10-19(9-14)28-24-23-20(12-18(13-21(23)31)22-6-5-7-32-22)30(29-24)25-26-16(3)11-17(4)27-25/h5-11,18H,12-13H2,1-4H3,(H,28,29). The molecule has 0 saturated carbocycles. The number of carbonyl (C=O) groups excluding carboxylic acids is 1. The zero-order valence-electron chi connectivity index (χ0n) is 18.6. The van der Waals surface area contributed by atoms with Crippen LogP contribution < -0.4 is 5.32 Å². The third-order valence-corrected chi connectivity index (χ3v) is 5.72. The molecule has 7 heteroatoms. The molecular weight excluding hydrogens is 402 g/mol. The minimum absolute atomic E-state index is 0.0372. The average Bonchev–Trinajstić information content (AvgIpc) is 3.35. The molecule has 0 spiro atoms. The van der Waals surface area contributed by atoms with Gasteiger partial charge in [-0.1, -0.05) is 6.07 Å². The molecule has 0 aliphatic heterocycles. The molecule has 0 saturated heterocycles. The Labute approximate surface area is 186 Å². The predicted octanol–water partition coefficient (Wildman–Crippen LogP) is 5.15. The number of nitrogens with zero attached hydrogens (tertiary/aromatic N) is 4. The summed E-state index contributed by atoms with van der Waals surface area (Å²) in [5.41, 5.74) is 6.30. The van der Waals surface area contributed by atoms with Crippen molar-refractivity contribution >= 4 is 17.3 Å². The highest BCUT2D eigenvalue weighted by Crippen LogP contribution is 2.38. The Kier molecular flexibility index (Phi) is 4.89. The molecule has 1 aromatic carbocycles. The number of aromatic nitrogens is 4. The third kappa shape index (κ3) is 3.70. The lowest BCUT2D eigenvalue weighted by Gasteiger charge is -2.21. The number of furan rings is 1. The molecule has 1 unspecified atom stereocenters. The molecule has 5 rings (SSSR count). The van der Waals surface area contributed by atoms with Crippen molar-refractivity contribution < 1.29 is 9.21 Å². The second-order valence-corrected chi connectivity index (χ2v) is 8.58. The highest BCUT2D eigenvalue weighted by Gasteiger charge is 2.35. The molecule has 162 valence electrons. The van der Waals surface area contributed by atoms with Crippen LogP contribution in [0.1, 0.15) is 56.7 Å². The lowest BCUT2D eigenvalue weighted by Crippen LogP contribution is -2.21. The van der Waals surface area contributed by atoms with Gasteiger partial charge in [0.1, 0.15) is 5.76 Å². The van der Waals surface area contributed by atoms with Gasteiger partial charge >= 0.3 is 0 Å². The summed E-state index contributed by atoms with van der Waals surface area (Å²) in [4.78, 5) is 22.5. The maximum absolute atomic E-state index is 13.3. The highest BCUT2D eigenvalue weighted by atomic mass is 16.3. The van der Waals surface area contributed by atoms with Crippen molar-refractivity contribution in [2.75, 3.05) is 5.32 Å². The Morgan fingerprint density at radius 3 is 2.38 bits per heavy atom. The number of aryl methyl sites for hydroxylation is 4. The van der Waals surface area contributed by atoms with Crippen LogP contribution in [0, 0.1) is 27.7 Å². The van der Waals surface area contributed by atoms with Crippen LogP contribution in [0.4, 0.5) is 11.5 Å². The fourth-order valence-corrected chi connectivity index (χ4v) is 4.53. The number of fused-ring (bicyclic) bond motifs is 1. The average molecular weight is 428 g/mol. The minimum Gasteiger partial charge on any atom is -0.469 e. The number of anilines is 2. The Bertz CT molecular complexity index is 1280. The van der Waals surface area contributed by atoms with Crippen molar-refractivity contribution in [1.82, 2.24) is 19.7 Å². The van der Waals surface area contributed by atoms with Crippen LogP contribution in [-0.2, 0) is 6.42 Å². The van der Waals surface area contributed by atoms with E-state index >= 15 is 0 Å². The first-order chi connectivity index (χ1) is 15.4. The van der Waals surface area contributed by atoms with Gasteiger partial charge in [0.25, 0.3) is 5.95 Å². The molecule has 0 amide bonds. The summed E-state index contributed by atoms with van der Waals surface area (Å²) in [6, 6.07) is 11.9. The third-order valence-electron chi connectivity index (χ3n) is 5.72. The van der Waals surface area contributed by atoms with Crippen LogP contribution in [-0.4, -0.2) is 25.5 Å². The fraction of sp³-hybridized carbons (Fsp3) is 0.280. The van der Waals surface area contributed by atoms with Crippen molar-refractivity contribution in [1.29, 1.82) is 0 Å². The van der Waals surface area contributed by atoms with Crippen molar-refractivity contribution in [3.63, 3.8) is 0 Å². The number of carbonyl (C=O) groups is 1. The van der Waals surface area contributed by atoms with Crippen LogP contribution in [0.3, 0.4) is 0 Å². The number of benzene rings is 1. The van der Waals surface area contributed by atoms with E-state index in [1.807, 2.05) is 44.2 Å². The first kappa shape index (κ1) is 20.2. The Hall–Kier alpha value is -3.74. The normalized spacial score (nSPS) is 15.6. The largest absolute Gasteiger partial charge is 0.469 e. The topological polar surface area (TPSA) is 85.8 Å². The van der Waals surface area contributed by atoms with Crippen LogP contribution in [0.5, 0.6) is 0 Å². The van der Waals surface area contributed by atoms with E-state index in [2.05, 4.69) is 35.2 Å². The maximum Gasteiger partial charge on any atom is 0.251 e. The van der Waals surface area contributed by atoms with Crippen molar-refractivity contribution in [2.24, 2.45) is 0 Å². The summed E-state index contributed by atoms with van der Waals surface area (Å²) in [6.45, 7) is 7.96. The van der Waals surface area contributed by atoms with Crippen LogP contribution in [0.25, 0.3) is 5.95 Å². The summed E-state index contributed by atoms with van der Waals surface area (Å²) >= 11 is 0. The van der Waals surface area contributed by atoms with Gasteiger partial charge in [0.05, 0.1) is 17.5 Å². The number of rotatable bonds is 4. The molecule has 4 aromatic rings. The number of nitrogens with one attached hydrogen (secondary N) is 1. The molecule has 0 radical (unpaired) electrons. The first-order valence-corrected chi connectivity index (χ1v) is 10.7. The second-order valence-electron chi connectivity index (χ2n) is 8.58. The number of hydrogen-bond donors (Lipinski definition) is 1. The van der Waals surface area contributed by atoms with Crippen LogP contribution >= 0.6 is 0 Å². The first-order valence-electron chi connectivity index (χ1n) is 10.7. The van der Waals surface area contributed by atoms with E-state index in [9.17, 15) is 4.79 Å². The van der Waals surface area contributed by atoms with E-state index in [1.165, 1.54) is 0 Å². The summed E-state index contributed by atoms with van der Waals surface area (Å²) in [5, 5.41) is 8.18. The zero-order chi connectivity index (χ0) is 22.4. The Balaban J connectivity index is 1.65. The zero-order valence-corrected chi connectivity index (χ0v) is 18.6. The minimum atomic E-state index is -0.0413. The maximum atomic E-state index is 13.3. The van der Waals surface area contributed by atoms with Gasteiger partial charge in [-0.05, 0) is 69.2 Å². The Morgan fingerprint density at radius 1 is 1.00 bits per heavy atom. The predicted molar refractivity (Wildman–Crippen MR) is 122 cm³/mol. The molecule has 1 atom stereocenters. The molecule has 1 N–H and O–H groups in total. The molecule has 3 heterocycles. The van der Waals surface area contributed by atoms with E-state index in [4.69, 9.17) is 9.52 Å². The smallest absolute Gasteiger partial charge is 0.251 e. The lowest BCUT2D eigenvalue weighted by molar-refractivity contribution is 0.0960. The molecule has 7 nitrogen and oxygen atoms in total. The SMILES string of the molecule is Cc1cc(C)cc(Nc2nn(-c3nc(C)cc(C)n3)c3c2C(=O)CC(c2ccco2)C3)c1. The van der Waals surface area contributed by atoms with Gasteiger partial charge in [0.2, 0.25) is 0 Å². The molecule has 1 aliphatic carbocycles. The van der Waals surface area contributed by atoms with Gasteiger partial charge in [-0.2, -0.15) is 0 Å². The van der Waals surface area contributed by atoms with Crippen molar-refractivity contribution in [2.45, 2.75) is 46.5 Å². The summed E-state index contributed by atoms with van der Waals surface area (Å²) in [6.07, 6.45) is 2.64. The van der Waals surface area contributed by atoms with Gasteiger partial charge in [0, 0.05) is 35.8 Å². The summed E-state index contributed by atoms with van der Waals surface area (Å²) in [5.74, 6) is 1.81. The monoisotopic (exact) mass is 427 g/mol. The number of ketones is 1. The van der Waals surface area contributed by atoms with E-state index < -0.39 is 0 Å². The molecule has 32 heavy (non-hydrogen) atoms. The van der Waals surface area contributed by atoms with E-state index in [1.54, 1.807) is 10.9 Å². The molecule has 3 aromatic heterocycles. The van der Waals surface area contributed by atoms with E-state index in [0.717, 1.165) is 39.7 Å². The van der Waals surface area contributed by atoms with E-state index in [0.29, 0.717) is 30.2 Å². The molecular formula is C25H25N5O2. The number of hydrogen-bond acceptors (Lipinski definition) is 6. The summed E-state index contributed by atoms with van der Waals surface area (Å²) in [7, 11) is 0. The highest BCUT2D eigenvalue weighted by molar-refractivity contribution is 6.03. The van der Waals surface area contributed by atoms with Gasteiger partial charge in [-0.25, -0.2) is 14.6 Å². The molecule has 0 bridgehead atoms. The Morgan fingerprint density at radius 2 is 1.72 bits per heavy atom.